The standard InChI is InChI=1S/C22H28N4O6S/c1-4-20(22(28)23-5-2)24(15-17-10-7-6-8-11-17)21(27)16-25(33(3,31)32)18-12-9-13-19(14-18)26(29)30/h6-14,20H,4-5,15-16H2,1-3H3,(H,23,28)/t20-/m0/s1. The maximum absolute atomic E-state index is 13.4. The van der Waals surface area contributed by atoms with E-state index < -0.39 is 33.4 Å². The molecule has 0 unspecified atom stereocenters. The smallest absolute Gasteiger partial charge is 0.271 e. The van der Waals surface area contributed by atoms with E-state index >= 15 is 0 Å². The van der Waals surface area contributed by atoms with Crippen LogP contribution < -0.4 is 9.62 Å². The molecule has 0 spiro atoms. The summed E-state index contributed by atoms with van der Waals surface area (Å²) in [6.45, 7) is 3.40. The molecule has 1 N–H and O–H groups in total. The largest absolute Gasteiger partial charge is 0.355 e. The molecular formula is C22H28N4O6S. The summed E-state index contributed by atoms with van der Waals surface area (Å²) in [7, 11) is -3.96. The number of rotatable bonds is 11. The average Bonchev–Trinajstić information content (AvgIpc) is 2.77. The van der Waals surface area contributed by atoms with E-state index in [0.717, 1.165) is 22.2 Å². The number of amides is 2. The fourth-order valence-electron chi connectivity index (χ4n) is 3.37. The van der Waals surface area contributed by atoms with Crippen LogP contribution in [0.15, 0.2) is 54.6 Å². The van der Waals surface area contributed by atoms with Gasteiger partial charge in [-0.1, -0.05) is 43.3 Å². The second-order valence-electron chi connectivity index (χ2n) is 7.37. The summed E-state index contributed by atoms with van der Waals surface area (Å²) in [6, 6.07) is 13.3. The van der Waals surface area contributed by atoms with E-state index in [1.54, 1.807) is 38.1 Å². The number of carbonyl (C=O) groups excluding carboxylic acids is 2. The number of hydrogen-bond acceptors (Lipinski definition) is 6. The van der Waals surface area contributed by atoms with Gasteiger partial charge in [-0.3, -0.25) is 24.0 Å². The van der Waals surface area contributed by atoms with E-state index in [1.807, 2.05) is 6.07 Å². The van der Waals surface area contributed by atoms with Crippen LogP contribution in [0.4, 0.5) is 11.4 Å². The molecule has 0 aromatic heterocycles. The summed E-state index contributed by atoms with van der Waals surface area (Å²) in [5, 5.41) is 13.9. The van der Waals surface area contributed by atoms with Crippen LogP contribution in [0.25, 0.3) is 0 Å². The fourth-order valence-corrected chi connectivity index (χ4v) is 4.21. The summed E-state index contributed by atoms with van der Waals surface area (Å²) in [5.74, 6) is -0.945. The number of nitro benzene ring substituents is 1. The van der Waals surface area contributed by atoms with Crippen molar-refractivity contribution < 1.29 is 22.9 Å². The molecule has 2 aromatic rings. The number of nitro groups is 1. The van der Waals surface area contributed by atoms with Crippen molar-refractivity contribution in [2.75, 3.05) is 23.7 Å². The van der Waals surface area contributed by atoms with Gasteiger partial charge in [0.25, 0.3) is 5.69 Å². The van der Waals surface area contributed by atoms with Crippen molar-refractivity contribution in [2.24, 2.45) is 0 Å². The van der Waals surface area contributed by atoms with Gasteiger partial charge in [0.15, 0.2) is 0 Å². The molecular weight excluding hydrogens is 448 g/mol. The molecule has 2 aromatic carbocycles. The lowest BCUT2D eigenvalue weighted by molar-refractivity contribution is -0.384. The maximum Gasteiger partial charge on any atom is 0.271 e. The lowest BCUT2D eigenvalue weighted by Crippen LogP contribution is -2.52. The third-order valence-corrected chi connectivity index (χ3v) is 6.08. The van der Waals surface area contributed by atoms with E-state index in [2.05, 4.69) is 5.32 Å². The molecule has 1 atom stereocenters. The zero-order valence-electron chi connectivity index (χ0n) is 18.8. The molecule has 33 heavy (non-hydrogen) atoms. The van der Waals surface area contributed by atoms with Gasteiger partial charge in [-0.25, -0.2) is 8.42 Å². The molecule has 11 heteroatoms. The van der Waals surface area contributed by atoms with Gasteiger partial charge in [-0.05, 0) is 25.0 Å². The van der Waals surface area contributed by atoms with Crippen molar-refractivity contribution in [1.29, 1.82) is 0 Å². The number of sulfonamides is 1. The normalized spacial score (nSPS) is 12.0. The Morgan fingerprint density at radius 3 is 2.30 bits per heavy atom. The molecule has 0 heterocycles. The van der Waals surface area contributed by atoms with Gasteiger partial charge in [0.1, 0.15) is 12.6 Å². The number of carbonyl (C=O) groups is 2. The lowest BCUT2D eigenvalue weighted by Gasteiger charge is -2.32. The van der Waals surface area contributed by atoms with Crippen LogP contribution in [-0.2, 0) is 26.2 Å². The number of nitrogens with one attached hydrogen (secondary N) is 1. The predicted molar refractivity (Wildman–Crippen MR) is 125 cm³/mol. The van der Waals surface area contributed by atoms with Crippen LogP contribution in [0.1, 0.15) is 25.8 Å². The number of benzene rings is 2. The predicted octanol–water partition coefficient (Wildman–Crippen LogP) is 2.30. The summed E-state index contributed by atoms with van der Waals surface area (Å²) >= 11 is 0. The third kappa shape index (κ3) is 7.01. The monoisotopic (exact) mass is 476 g/mol. The van der Waals surface area contributed by atoms with Crippen molar-refractivity contribution in [3.05, 3.63) is 70.3 Å². The van der Waals surface area contributed by atoms with Crippen LogP contribution in [0.2, 0.25) is 0 Å². The number of nitrogens with zero attached hydrogens (tertiary/aromatic N) is 3. The molecule has 0 radical (unpaired) electrons. The molecule has 0 aliphatic heterocycles. The molecule has 0 saturated heterocycles. The number of likely N-dealkylation sites (N-methyl/N-ethyl adjacent to an activating group) is 1. The van der Waals surface area contributed by atoms with Gasteiger partial charge in [-0.2, -0.15) is 0 Å². The minimum absolute atomic E-state index is 0.00855. The van der Waals surface area contributed by atoms with Crippen LogP contribution in [0.5, 0.6) is 0 Å². The Kier molecular flexibility index (Phi) is 8.92. The Morgan fingerprint density at radius 2 is 1.76 bits per heavy atom. The first-order chi connectivity index (χ1) is 15.6. The molecule has 10 nitrogen and oxygen atoms in total. The quantitative estimate of drug-likeness (QED) is 0.391. The highest BCUT2D eigenvalue weighted by Gasteiger charge is 2.31. The van der Waals surface area contributed by atoms with Gasteiger partial charge < -0.3 is 10.2 Å². The Morgan fingerprint density at radius 1 is 1.09 bits per heavy atom. The first-order valence-electron chi connectivity index (χ1n) is 10.4. The minimum Gasteiger partial charge on any atom is -0.355 e. The van der Waals surface area contributed by atoms with Crippen molar-refractivity contribution in [2.45, 2.75) is 32.9 Å². The molecule has 0 aliphatic carbocycles. The van der Waals surface area contributed by atoms with Crippen LogP contribution in [-0.4, -0.2) is 55.4 Å². The van der Waals surface area contributed by atoms with Crippen molar-refractivity contribution in [3.8, 4) is 0 Å². The molecule has 0 bridgehead atoms. The first kappa shape index (κ1) is 25.8. The summed E-state index contributed by atoms with van der Waals surface area (Å²) in [5.41, 5.74) is 0.462. The van der Waals surface area contributed by atoms with Crippen molar-refractivity contribution in [1.82, 2.24) is 10.2 Å². The highest BCUT2D eigenvalue weighted by Crippen LogP contribution is 2.24. The van der Waals surface area contributed by atoms with Gasteiger partial charge in [0.2, 0.25) is 21.8 Å². The second kappa shape index (κ2) is 11.4. The van der Waals surface area contributed by atoms with Crippen LogP contribution in [0.3, 0.4) is 0 Å². The SMILES string of the molecule is CCNC(=O)[C@H](CC)N(Cc1ccccc1)C(=O)CN(c1cccc([N+](=O)[O-])c1)S(C)(=O)=O. The van der Waals surface area contributed by atoms with E-state index in [9.17, 15) is 28.1 Å². The number of non-ortho nitro benzene ring substituents is 1. The Labute approximate surface area is 193 Å². The lowest BCUT2D eigenvalue weighted by atomic mass is 10.1. The highest BCUT2D eigenvalue weighted by molar-refractivity contribution is 7.92. The maximum atomic E-state index is 13.4. The molecule has 0 saturated carbocycles. The molecule has 0 aliphatic rings. The zero-order chi connectivity index (χ0) is 24.6. The van der Waals surface area contributed by atoms with Gasteiger partial charge >= 0.3 is 0 Å². The molecule has 0 fully saturated rings. The highest BCUT2D eigenvalue weighted by atomic mass is 32.2. The summed E-state index contributed by atoms with van der Waals surface area (Å²) in [6.07, 6.45) is 1.24. The molecule has 2 rings (SSSR count). The van der Waals surface area contributed by atoms with Crippen LogP contribution >= 0.6 is 0 Å². The summed E-state index contributed by atoms with van der Waals surface area (Å²) in [4.78, 5) is 37.9. The Balaban J connectivity index is 2.44. The third-order valence-electron chi connectivity index (χ3n) is 4.94. The van der Waals surface area contributed by atoms with E-state index in [-0.39, 0.29) is 23.8 Å². The zero-order valence-corrected chi connectivity index (χ0v) is 19.6. The molecule has 2 amide bonds. The Hall–Kier alpha value is -3.47. The van der Waals surface area contributed by atoms with Crippen molar-refractivity contribution >= 4 is 33.2 Å². The van der Waals surface area contributed by atoms with Crippen LogP contribution in [0, 0.1) is 10.1 Å². The van der Waals surface area contributed by atoms with Gasteiger partial charge in [-0.15, -0.1) is 0 Å². The second-order valence-corrected chi connectivity index (χ2v) is 9.28. The number of hydrogen-bond donors (Lipinski definition) is 1. The van der Waals surface area contributed by atoms with Crippen molar-refractivity contribution in [3.63, 3.8) is 0 Å². The molecule has 178 valence electrons. The van der Waals surface area contributed by atoms with Gasteiger partial charge in [0, 0.05) is 25.2 Å². The average molecular weight is 477 g/mol. The fraction of sp³-hybridized carbons (Fsp3) is 0.364. The Bertz CT molecular complexity index is 1090. The minimum atomic E-state index is -3.96. The summed E-state index contributed by atoms with van der Waals surface area (Å²) < 4.78 is 25.8. The van der Waals surface area contributed by atoms with Gasteiger partial charge in [0.05, 0.1) is 16.9 Å². The first-order valence-corrected chi connectivity index (χ1v) is 12.3. The topological polar surface area (TPSA) is 130 Å². The van der Waals surface area contributed by atoms with E-state index in [0.29, 0.717) is 13.0 Å². The van der Waals surface area contributed by atoms with E-state index in [1.165, 1.54) is 23.1 Å². The number of anilines is 1. The van der Waals surface area contributed by atoms with E-state index in [4.69, 9.17) is 0 Å².